The van der Waals surface area contributed by atoms with Crippen LogP contribution in [-0.4, -0.2) is 44.4 Å². The molecule has 14 heavy (non-hydrogen) atoms. The average molecular weight is 199 g/mol. The van der Waals surface area contributed by atoms with Gasteiger partial charge in [0.1, 0.15) is 6.61 Å². The van der Waals surface area contributed by atoms with Crippen molar-refractivity contribution in [3.05, 3.63) is 11.8 Å². The lowest BCUT2D eigenvalue weighted by Crippen LogP contribution is -2.49. The van der Waals surface area contributed by atoms with E-state index in [4.69, 9.17) is 9.47 Å². The first-order valence-electron chi connectivity index (χ1n) is 5.32. The van der Waals surface area contributed by atoms with Crippen molar-refractivity contribution in [1.29, 1.82) is 0 Å². The van der Waals surface area contributed by atoms with Gasteiger partial charge in [0.05, 0.1) is 18.5 Å². The van der Waals surface area contributed by atoms with Crippen LogP contribution in [0.4, 0.5) is 0 Å². The van der Waals surface area contributed by atoms with Crippen LogP contribution in [0, 0.1) is 0 Å². The number of hydrogen-bond donors (Lipinski definition) is 0. The minimum Gasteiger partial charge on any atom is -0.496 e. The van der Waals surface area contributed by atoms with Gasteiger partial charge in [0, 0.05) is 13.1 Å². The van der Waals surface area contributed by atoms with Crippen LogP contribution in [0.3, 0.4) is 0 Å². The summed E-state index contributed by atoms with van der Waals surface area (Å²) in [6, 6.07) is 0. The summed E-state index contributed by atoms with van der Waals surface area (Å²) in [6.45, 7) is 7.58. The number of nitrogens with zero attached hydrogens (tertiary/aromatic N) is 1. The van der Waals surface area contributed by atoms with Crippen molar-refractivity contribution in [2.75, 3.05) is 33.4 Å². The Morgan fingerprint density at radius 1 is 1.43 bits per heavy atom. The van der Waals surface area contributed by atoms with Crippen molar-refractivity contribution < 1.29 is 9.47 Å². The van der Waals surface area contributed by atoms with Gasteiger partial charge in [0.2, 0.25) is 0 Å². The van der Waals surface area contributed by atoms with Gasteiger partial charge in [-0.2, -0.15) is 0 Å². The van der Waals surface area contributed by atoms with Gasteiger partial charge in [-0.15, -0.1) is 0 Å². The standard InChI is InChI=1S/C11H21NO2/c1-4-5-10(2)13-6-7-14-11-8-12(3)9-11/h5,11H,4,6-9H2,1-3H3/b10-5+. The third kappa shape index (κ3) is 4.11. The first kappa shape index (κ1) is 11.5. The van der Waals surface area contributed by atoms with E-state index in [9.17, 15) is 0 Å². The fourth-order valence-electron chi connectivity index (χ4n) is 1.51. The van der Waals surface area contributed by atoms with Crippen molar-refractivity contribution in [2.45, 2.75) is 26.4 Å². The molecular formula is C11H21NO2. The molecule has 1 saturated heterocycles. The number of rotatable bonds is 6. The second-order valence-electron chi connectivity index (χ2n) is 3.79. The average Bonchev–Trinajstić information content (AvgIpc) is 2.09. The number of ether oxygens (including phenoxy) is 2. The van der Waals surface area contributed by atoms with E-state index in [0.717, 1.165) is 25.3 Å². The number of hydrogen-bond acceptors (Lipinski definition) is 3. The summed E-state index contributed by atoms with van der Waals surface area (Å²) in [6.07, 6.45) is 3.54. The Balaban J connectivity index is 1.92. The minimum atomic E-state index is 0.430. The summed E-state index contributed by atoms with van der Waals surface area (Å²) < 4.78 is 11.0. The molecular weight excluding hydrogens is 178 g/mol. The zero-order valence-electron chi connectivity index (χ0n) is 9.45. The molecule has 0 bridgehead atoms. The molecule has 0 aromatic carbocycles. The van der Waals surface area contributed by atoms with Gasteiger partial charge >= 0.3 is 0 Å². The third-order valence-electron chi connectivity index (χ3n) is 2.29. The van der Waals surface area contributed by atoms with E-state index < -0.39 is 0 Å². The maximum absolute atomic E-state index is 5.58. The number of likely N-dealkylation sites (N-methyl/N-ethyl adjacent to an activating group) is 1. The normalized spacial score (nSPS) is 19.5. The van der Waals surface area contributed by atoms with Gasteiger partial charge in [0.15, 0.2) is 0 Å². The van der Waals surface area contributed by atoms with Gasteiger partial charge in [-0.1, -0.05) is 6.92 Å². The van der Waals surface area contributed by atoms with E-state index in [2.05, 4.69) is 24.9 Å². The Hall–Kier alpha value is -0.540. The second-order valence-corrected chi connectivity index (χ2v) is 3.79. The smallest absolute Gasteiger partial charge is 0.111 e. The summed E-state index contributed by atoms with van der Waals surface area (Å²) in [5.41, 5.74) is 0. The summed E-state index contributed by atoms with van der Waals surface area (Å²) in [4.78, 5) is 2.24. The summed E-state index contributed by atoms with van der Waals surface area (Å²) in [7, 11) is 2.10. The molecule has 0 spiro atoms. The molecule has 0 amide bonds. The Kier molecular flexibility index (Phi) is 4.98. The van der Waals surface area contributed by atoms with Crippen LogP contribution < -0.4 is 0 Å². The molecule has 0 aliphatic carbocycles. The van der Waals surface area contributed by atoms with E-state index >= 15 is 0 Å². The largest absolute Gasteiger partial charge is 0.496 e. The van der Waals surface area contributed by atoms with Crippen LogP contribution in [0.5, 0.6) is 0 Å². The zero-order valence-corrected chi connectivity index (χ0v) is 9.45. The van der Waals surface area contributed by atoms with Gasteiger partial charge in [-0.05, 0) is 26.5 Å². The summed E-state index contributed by atoms with van der Waals surface area (Å²) >= 11 is 0. The molecule has 0 radical (unpaired) electrons. The van der Waals surface area contributed by atoms with E-state index in [-0.39, 0.29) is 0 Å². The van der Waals surface area contributed by atoms with E-state index in [1.807, 2.05) is 6.92 Å². The monoisotopic (exact) mass is 199 g/mol. The maximum atomic E-state index is 5.58. The molecule has 1 rings (SSSR count). The lowest BCUT2D eigenvalue weighted by Gasteiger charge is -2.35. The SMILES string of the molecule is CC/C=C(\C)OCCOC1CN(C)C1. The molecule has 0 saturated carbocycles. The lowest BCUT2D eigenvalue weighted by molar-refractivity contribution is -0.0561. The Bertz CT molecular complexity index is 186. The van der Waals surface area contributed by atoms with Crippen molar-refractivity contribution in [1.82, 2.24) is 4.90 Å². The van der Waals surface area contributed by atoms with Gasteiger partial charge in [-0.25, -0.2) is 0 Å². The predicted molar refractivity (Wildman–Crippen MR) is 57.2 cm³/mol. The molecule has 0 atom stereocenters. The molecule has 0 aromatic heterocycles. The lowest BCUT2D eigenvalue weighted by atomic mass is 10.2. The summed E-state index contributed by atoms with van der Waals surface area (Å²) in [5.74, 6) is 1.00. The molecule has 3 nitrogen and oxygen atoms in total. The Labute approximate surface area is 86.7 Å². The van der Waals surface area contributed by atoms with Crippen molar-refractivity contribution in [3.8, 4) is 0 Å². The highest BCUT2D eigenvalue weighted by Gasteiger charge is 2.23. The van der Waals surface area contributed by atoms with Crippen LogP contribution in [0.2, 0.25) is 0 Å². The van der Waals surface area contributed by atoms with Crippen LogP contribution >= 0.6 is 0 Å². The number of allylic oxidation sites excluding steroid dienone is 2. The first-order valence-corrected chi connectivity index (χ1v) is 5.32. The Morgan fingerprint density at radius 2 is 2.14 bits per heavy atom. The molecule has 1 aliphatic rings. The van der Waals surface area contributed by atoms with Crippen LogP contribution in [0.15, 0.2) is 11.8 Å². The molecule has 0 unspecified atom stereocenters. The molecule has 1 fully saturated rings. The Morgan fingerprint density at radius 3 is 2.71 bits per heavy atom. The van der Waals surface area contributed by atoms with Crippen molar-refractivity contribution in [3.63, 3.8) is 0 Å². The number of likely N-dealkylation sites (tertiary alicyclic amines) is 1. The van der Waals surface area contributed by atoms with Crippen LogP contribution in [-0.2, 0) is 9.47 Å². The second kappa shape index (κ2) is 6.04. The molecule has 0 aromatic rings. The highest BCUT2D eigenvalue weighted by atomic mass is 16.5. The maximum Gasteiger partial charge on any atom is 0.111 e. The quantitative estimate of drug-likeness (QED) is 0.479. The molecule has 82 valence electrons. The van der Waals surface area contributed by atoms with Gasteiger partial charge in [-0.3, -0.25) is 0 Å². The fraction of sp³-hybridized carbons (Fsp3) is 0.818. The van der Waals surface area contributed by atoms with Gasteiger partial charge in [0.25, 0.3) is 0 Å². The minimum absolute atomic E-state index is 0.430. The summed E-state index contributed by atoms with van der Waals surface area (Å²) in [5, 5.41) is 0. The first-order chi connectivity index (χ1) is 6.72. The van der Waals surface area contributed by atoms with Gasteiger partial charge < -0.3 is 14.4 Å². The van der Waals surface area contributed by atoms with Crippen LogP contribution in [0.25, 0.3) is 0 Å². The van der Waals surface area contributed by atoms with Crippen molar-refractivity contribution in [2.24, 2.45) is 0 Å². The van der Waals surface area contributed by atoms with E-state index in [1.54, 1.807) is 0 Å². The molecule has 0 N–H and O–H groups in total. The molecule has 1 heterocycles. The highest BCUT2D eigenvalue weighted by molar-refractivity contribution is 4.86. The molecule has 1 aliphatic heterocycles. The highest BCUT2D eigenvalue weighted by Crippen LogP contribution is 2.08. The topological polar surface area (TPSA) is 21.7 Å². The van der Waals surface area contributed by atoms with E-state index in [0.29, 0.717) is 19.3 Å². The van der Waals surface area contributed by atoms with Crippen LogP contribution in [0.1, 0.15) is 20.3 Å². The predicted octanol–water partition coefficient (Wildman–Crippen LogP) is 1.65. The van der Waals surface area contributed by atoms with Crippen molar-refractivity contribution >= 4 is 0 Å². The fourth-order valence-corrected chi connectivity index (χ4v) is 1.51. The molecule has 3 heteroatoms. The third-order valence-corrected chi connectivity index (χ3v) is 2.29. The van der Waals surface area contributed by atoms with E-state index in [1.165, 1.54) is 0 Å². The zero-order chi connectivity index (χ0) is 10.4.